The van der Waals surface area contributed by atoms with Crippen LogP contribution in [-0.4, -0.2) is 11.0 Å². The average molecular weight is 278 g/mol. The van der Waals surface area contributed by atoms with E-state index in [9.17, 15) is 0 Å². The van der Waals surface area contributed by atoms with Crippen LogP contribution >= 0.6 is 11.3 Å². The molecule has 106 valence electrons. The molecule has 3 atom stereocenters. The van der Waals surface area contributed by atoms with Crippen LogP contribution < -0.4 is 5.32 Å². The fourth-order valence-corrected chi connectivity index (χ4v) is 4.80. The van der Waals surface area contributed by atoms with Crippen LogP contribution in [0.15, 0.2) is 11.6 Å². The minimum Gasteiger partial charge on any atom is -0.302 e. The Kier molecular flexibility index (Phi) is 3.69. The number of thiazole rings is 1. The van der Waals surface area contributed by atoms with E-state index >= 15 is 0 Å². The van der Waals surface area contributed by atoms with E-state index in [1.165, 1.54) is 37.1 Å². The second kappa shape index (κ2) is 5.17. The lowest BCUT2D eigenvalue weighted by atomic mass is 9.65. The van der Waals surface area contributed by atoms with Gasteiger partial charge in [-0.25, -0.2) is 4.98 Å². The quantitative estimate of drug-likeness (QED) is 0.893. The molecule has 2 saturated carbocycles. The molecular weight excluding hydrogens is 252 g/mol. The van der Waals surface area contributed by atoms with Crippen LogP contribution in [0.3, 0.4) is 0 Å². The first-order chi connectivity index (χ1) is 9.12. The Labute approximate surface area is 121 Å². The Morgan fingerprint density at radius 2 is 2.11 bits per heavy atom. The monoisotopic (exact) mass is 278 g/mol. The summed E-state index contributed by atoms with van der Waals surface area (Å²) in [7, 11) is 0. The van der Waals surface area contributed by atoms with E-state index in [0.29, 0.717) is 0 Å². The zero-order valence-corrected chi connectivity index (χ0v) is 13.2. The highest BCUT2D eigenvalue weighted by Gasteiger charge is 2.49. The SMILES string of the molecule is CC1CCC(C(C)C)C(NC2CC2)(c2nccs2)C1. The standard InChI is InChI=1S/C16H26N2S/c1-11(2)14-7-4-12(3)10-16(14,18-13-5-6-13)15-17-8-9-19-15/h8-9,11-14,18H,4-7,10H2,1-3H3. The molecule has 19 heavy (non-hydrogen) atoms. The lowest BCUT2D eigenvalue weighted by Gasteiger charge is -2.48. The normalized spacial score (nSPS) is 35.8. The molecule has 0 aromatic carbocycles. The van der Waals surface area contributed by atoms with E-state index in [0.717, 1.165) is 23.8 Å². The molecule has 0 bridgehead atoms. The first-order valence-corrected chi connectivity index (χ1v) is 8.67. The topological polar surface area (TPSA) is 24.9 Å². The van der Waals surface area contributed by atoms with Gasteiger partial charge in [0.05, 0.1) is 5.54 Å². The Hall–Kier alpha value is -0.410. The molecule has 1 heterocycles. The summed E-state index contributed by atoms with van der Waals surface area (Å²) in [6.45, 7) is 7.18. The molecule has 3 heteroatoms. The molecule has 2 fully saturated rings. The number of hydrogen-bond acceptors (Lipinski definition) is 3. The number of rotatable bonds is 4. The van der Waals surface area contributed by atoms with Gasteiger partial charge in [0, 0.05) is 17.6 Å². The third-order valence-electron chi connectivity index (χ3n) is 4.93. The number of hydrogen-bond donors (Lipinski definition) is 1. The maximum atomic E-state index is 4.72. The predicted octanol–water partition coefficient (Wildman–Crippen LogP) is 4.18. The molecule has 0 radical (unpaired) electrons. The highest BCUT2D eigenvalue weighted by molar-refractivity contribution is 7.09. The Morgan fingerprint density at radius 3 is 2.68 bits per heavy atom. The van der Waals surface area contributed by atoms with Crippen LogP contribution in [0.25, 0.3) is 0 Å². The molecular formula is C16H26N2S. The molecule has 0 spiro atoms. The van der Waals surface area contributed by atoms with E-state index in [1.54, 1.807) is 0 Å². The van der Waals surface area contributed by atoms with Crippen LogP contribution in [0.1, 0.15) is 57.9 Å². The molecule has 0 aliphatic heterocycles. The lowest BCUT2D eigenvalue weighted by molar-refractivity contribution is 0.0703. The minimum absolute atomic E-state index is 0.154. The third kappa shape index (κ3) is 2.59. The van der Waals surface area contributed by atoms with Gasteiger partial charge in [-0.1, -0.05) is 27.2 Å². The Morgan fingerprint density at radius 1 is 1.32 bits per heavy atom. The molecule has 0 saturated heterocycles. The molecule has 2 aliphatic rings. The Bertz CT molecular complexity index is 406. The summed E-state index contributed by atoms with van der Waals surface area (Å²) in [5.41, 5.74) is 0.154. The van der Waals surface area contributed by atoms with Crippen molar-refractivity contribution in [2.45, 2.75) is 64.5 Å². The number of nitrogens with one attached hydrogen (secondary N) is 1. The van der Waals surface area contributed by atoms with Gasteiger partial charge in [-0.15, -0.1) is 11.3 Å². The number of nitrogens with zero attached hydrogens (tertiary/aromatic N) is 1. The van der Waals surface area contributed by atoms with Gasteiger partial charge in [0.1, 0.15) is 5.01 Å². The smallest absolute Gasteiger partial charge is 0.113 e. The molecule has 2 aliphatic carbocycles. The summed E-state index contributed by atoms with van der Waals surface area (Å²) in [5.74, 6) is 2.27. The highest BCUT2D eigenvalue weighted by atomic mass is 32.1. The van der Waals surface area contributed by atoms with E-state index in [-0.39, 0.29) is 5.54 Å². The highest BCUT2D eigenvalue weighted by Crippen LogP contribution is 2.49. The second-order valence-corrected chi connectivity index (χ2v) is 7.86. The maximum Gasteiger partial charge on any atom is 0.113 e. The van der Waals surface area contributed by atoms with E-state index < -0.39 is 0 Å². The predicted molar refractivity (Wildman–Crippen MR) is 81.3 cm³/mol. The molecule has 0 amide bonds. The van der Waals surface area contributed by atoms with Gasteiger partial charge in [0.2, 0.25) is 0 Å². The van der Waals surface area contributed by atoms with Crippen LogP contribution in [0.2, 0.25) is 0 Å². The van der Waals surface area contributed by atoms with Gasteiger partial charge in [0.15, 0.2) is 0 Å². The Balaban J connectivity index is 1.97. The summed E-state index contributed by atoms with van der Waals surface area (Å²) >= 11 is 1.85. The zero-order chi connectivity index (χ0) is 13.5. The average Bonchev–Trinajstić information content (AvgIpc) is 2.99. The van der Waals surface area contributed by atoms with E-state index in [1.807, 2.05) is 17.5 Å². The summed E-state index contributed by atoms with van der Waals surface area (Å²) in [6.07, 6.45) is 8.67. The largest absolute Gasteiger partial charge is 0.302 e. The first kappa shape index (κ1) is 13.6. The van der Waals surface area contributed by atoms with Crippen LogP contribution in [-0.2, 0) is 5.54 Å². The molecule has 1 aromatic heterocycles. The van der Waals surface area contributed by atoms with Crippen LogP contribution in [0.4, 0.5) is 0 Å². The lowest BCUT2D eigenvalue weighted by Crippen LogP contribution is -2.54. The molecule has 3 rings (SSSR count). The molecule has 1 aromatic rings. The summed E-state index contributed by atoms with van der Waals surface area (Å²) < 4.78 is 0. The van der Waals surface area contributed by atoms with Crippen molar-refractivity contribution in [2.75, 3.05) is 0 Å². The first-order valence-electron chi connectivity index (χ1n) is 7.79. The fraction of sp³-hybridized carbons (Fsp3) is 0.812. The summed E-state index contributed by atoms with van der Waals surface area (Å²) in [5, 5.41) is 7.50. The van der Waals surface area contributed by atoms with Gasteiger partial charge in [0.25, 0.3) is 0 Å². The van der Waals surface area contributed by atoms with Crippen molar-refractivity contribution in [2.24, 2.45) is 17.8 Å². The molecule has 2 nitrogen and oxygen atoms in total. The van der Waals surface area contributed by atoms with Gasteiger partial charge in [-0.2, -0.15) is 0 Å². The third-order valence-corrected chi connectivity index (χ3v) is 5.88. The van der Waals surface area contributed by atoms with Crippen molar-refractivity contribution in [1.82, 2.24) is 10.3 Å². The van der Waals surface area contributed by atoms with Crippen molar-refractivity contribution in [3.63, 3.8) is 0 Å². The molecule has 1 N–H and O–H groups in total. The minimum atomic E-state index is 0.154. The molecule has 3 unspecified atom stereocenters. The summed E-state index contributed by atoms with van der Waals surface area (Å²) in [6, 6.07) is 0.746. The van der Waals surface area contributed by atoms with E-state index in [4.69, 9.17) is 4.98 Å². The van der Waals surface area contributed by atoms with Crippen LogP contribution in [0, 0.1) is 17.8 Å². The van der Waals surface area contributed by atoms with Gasteiger partial charge < -0.3 is 5.32 Å². The van der Waals surface area contributed by atoms with Crippen molar-refractivity contribution in [3.05, 3.63) is 16.6 Å². The van der Waals surface area contributed by atoms with Crippen molar-refractivity contribution in [3.8, 4) is 0 Å². The zero-order valence-electron chi connectivity index (χ0n) is 12.4. The van der Waals surface area contributed by atoms with Gasteiger partial charge >= 0.3 is 0 Å². The van der Waals surface area contributed by atoms with E-state index in [2.05, 4.69) is 31.5 Å². The fourth-order valence-electron chi connectivity index (χ4n) is 3.93. The maximum absolute atomic E-state index is 4.72. The van der Waals surface area contributed by atoms with Crippen molar-refractivity contribution < 1.29 is 0 Å². The number of aromatic nitrogens is 1. The van der Waals surface area contributed by atoms with Gasteiger partial charge in [-0.3, -0.25) is 0 Å². The van der Waals surface area contributed by atoms with Crippen LogP contribution in [0.5, 0.6) is 0 Å². The van der Waals surface area contributed by atoms with Gasteiger partial charge in [-0.05, 0) is 43.4 Å². The van der Waals surface area contributed by atoms with Crippen molar-refractivity contribution in [1.29, 1.82) is 0 Å². The van der Waals surface area contributed by atoms with Crippen molar-refractivity contribution >= 4 is 11.3 Å². The second-order valence-electron chi connectivity index (χ2n) is 6.96. The summed E-state index contributed by atoms with van der Waals surface area (Å²) in [4.78, 5) is 4.72.